The number of hydrogen-bond donors (Lipinski definition) is 1. The summed E-state index contributed by atoms with van der Waals surface area (Å²) in [6.07, 6.45) is 8.01. The van der Waals surface area contributed by atoms with Crippen LogP contribution in [0.15, 0.2) is 60.9 Å². The van der Waals surface area contributed by atoms with Crippen molar-refractivity contribution in [1.29, 1.82) is 0 Å². The molecule has 1 fully saturated rings. The quantitative estimate of drug-likeness (QED) is 0.672. The van der Waals surface area contributed by atoms with Gasteiger partial charge in [0.25, 0.3) is 0 Å². The highest BCUT2D eigenvalue weighted by Gasteiger charge is 2.36. The fourth-order valence-electron chi connectivity index (χ4n) is 3.48. The van der Waals surface area contributed by atoms with E-state index in [0.29, 0.717) is 12.5 Å². The minimum Gasteiger partial charge on any atom is -0.356 e. The molecule has 0 bridgehead atoms. The predicted octanol–water partition coefficient (Wildman–Crippen LogP) is 3.58. The monoisotopic (exact) mass is 333 g/mol. The van der Waals surface area contributed by atoms with Gasteiger partial charge in [0.1, 0.15) is 5.82 Å². The molecule has 1 unspecified atom stereocenters. The van der Waals surface area contributed by atoms with Crippen molar-refractivity contribution < 1.29 is 4.79 Å². The van der Waals surface area contributed by atoms with Crippen LogP contribution in [0.25, 0.3) is 5.52 Å². The lowest BCUT2D eigenvalue weighted by atomic mass is 9.93. The first-order valence-electron chi connectivity index (χ1n) is 9.06. The van der Waals surface area contributed by atoms with E-state index in [1.165, 1.54) is 0 Å². The van der Waals surface area contributed by atoms with E-state index >= 15 is 0 Å². The van der Waals surface area contributed by atoms with Crippen LogP contribution < -0.4 is 5.32 Å². The van der Waals surface area contributed by atoms with E-state index in [1.54, 1.807) is 0 Å². The van der Waals surface area contributed by atoms with Gasteiger partial charge in [-0.1, -0.05) is 36.4 Å². The summed E-state index contributed by atoms with van der Waals surface area (Å²) in [5, 5.41) is 3.14. The number of carbonyl (C=O) groups is 1. The van der Waals surface area contributed by atoms with Crippen LogP contribution in [0.5, 0.6) is 0 Å². The number of pyridine rings is 1. The van der Waals surface area contributed by atoms with Crippen LogP contribution >= 0.6 is 0 Å². The second-order valence-electron chi connectivity index (χ2n) is 6.79. The van der Waals surface area contributed by atoms with Gasteiger partial charge in [0, 0.05) is 19.2 Å². The molecule has 1 N–H and O–H groups in total. The lowest BCUT2D eigenvalue weighted by Crippen LogP contribution is -2.31. The molecule has 0 aliphatic heterocycles. The van der Waals surface area contributed by atoms with E-state index < -0.39 is 0 Å². The van der Waals surface area contributed by atoms with Crippen molar-refractivity contribution >= 4 is 11.4 Å². The average Bonchev–Trinajstić information content (AvgIpc) is 3.39. The molecule has 2 heterocycles. The number of fused-ring (bicyclic) bond motifs is 1. The van der Waals surface area contributed by atoms with Crippen LogP contribution in [0.1, 0.15) is 36.6 Å². The van der Waals surface area contributed by atoms with E-state index in [-0.39, 0.29) is 11.8 Å². The number of carbonyl (C=O) groups excluding carboxylic acids is 1. The van der Waals surface area contributed by atoms with Crippen molar-refractivity contribution in [2.75, 3.05) is 6.54 Å². The second-order valence-corrected chi connectivity index (χ2v) is 6.79. The van der Waals surface area contributed by atoms with Gasteiger partial charge in [-0.3, -0.25) is 4.79 Å². The molecular formula is C21H23N3O. The van der Waals surface area contributed by atoms with Crippen LogP contribution in [0.2, 0.25) is 0 Å². The largest absolute Gasteiger partial charge is 0.356 e. The van der Waals surface area contributed by atoms with Crippen molar-refractivity contribution in [1.82, 2.24) is 14.7 Å². The first kappa shape index (κ1) is 15.9. The number of nitrogens with one attached hydrogen (secondary N) is 1. The minimum atomic E-state index is 0.00783. The number of hydrogen-bond acceptors (Lipinski definition) is 2. The van der Waals surface area contributed by atoms with Crippen molar-refractivity contribution in [3.63, 3.8) is 0 Å². The molecule has 1 aliphatic carbocycles. The van der Waals surface area contributed by atoms with Crippen LogP contribution in [0, 0.1) is 5.92 Å². The Bertz CT molecular complexity index is 852. The molecule has 0 radical (unpaired) electrons. The molecule has 2 aromatic heterocycles. The van der Waals surface area contributed by atoms with Gasteiger partial charge >= 0.3 is 0 Å². The fraction of sp³-hybridized carbons (Fsp3) is 0.333. The molecule has 1 amide bonds. The number of benzene rings is 1. The zero-order chi connectivity index (χ0) is 17.1. The van der Waals surface area contributed by atoms with Crippen molar-refractivity contribution in [2.45, 2.75) is 31.6 Å². The van der Waals surface area contributed by atoms with Gasteiger partial charge in [0.2, 0.25) is 5.91 Å². The topological polar surface area (TPSA) is 46.4 Å². The van der Waals surface area contributed by atoms with Crippen LogP contribution in [-0.2, 0) is 11.2 Å². The Morgan fingerprint density at radius 2 is 1.96 bits per heavy atom. The number of nitrogens with zero attached hydrogens (tertiary/aromatic N) is 2. The molecule has 4 nitrogen and oxygen atoms in total. The molecule has 1 atom stereocenters. The highest BCUT2D eigenvalue weighted by molar-refractivity contribution is 5.84. The molecular weight excluding hydrogens is 310 g/mol. The summed E-state index contributed by atoms with van der Waals surface area (Å²) in [6, 6.07) is 16.3. The molecule has 1 aliphatic rings. The van der Waals surface area contributed by atoms with Crippen LogP contribution in [0.4, 0.5) is 0 Å². The molecule has 3 aromatic rings. The number of rotatable bonds is 7. The Balaban J connectivity index is 1.32. The number of aryl methyl sites for hydroxylation is 1. The van der Waals surface area contributed by atoms with Crippen LogP contribution in [-0.4, -0.2) is 21.8 Å². The first-order valence-corrected chi connectivity index (χ1v) is 9.06. The molecule has 128 valence electrons. The van der Waals surface area contributed by atoms with Crippen molar-refractivity contribution in [3.8, 4) is 0 Å². The van der Waals surface area contributed by atoms with Crippen LogP contribution in [0.3, 0.4) is 0 Å². The molecule has 0 spiro atoms. The van der Waals surface area contributed by atoms with Gasteiger partial charge in [0.05, 0.1) is 17.6 Å². The summed E-state index contributed by atoms with van der Waals surface area (Å²) < 4.78 is 2.11. The molecule has 4 heteroatoms. The van der Waals surface area contributed by atoms with Crippen molar-refractivity contribution in [2.24, 2.45) is 5.92 Å². The summed E-state index contributed by atoms with van der Waals surface area (Å²) in [4.78, 5) is 17.2. The smallest absolute Gasteiger partial charge is 0.227 e. The zero-order valence-corrected chi connectivity index (χ0v) is 14.3. The third kappa shape index (κ3) is 3.58. The summed E-state index contributed by atoms with van der Waals surface area (Å²) in [5.74, 6) is 1.74. The lowest BCUT2D eigenvalue weighted by Gasteiger charge is -2.16. The maximum atomic E-state index is 12.7. The SMILES string of the molecule is O=C(NCCCc1ncc2ccccn12)C(c1ccccc1)C1CC1. The normalized spacial score (nSPS) is 15.2. The number of imidazole rings is 1. The van der Waals surface area contributed by atoms with Gasteiger partial charge in [0.15, 0.2) is 0 Å². The summed E-state index contributed by atoms with van der Waals surface area (Å²) in [7, 11) is 0. The molecule has 1 aromatic carbocycles. The van der Waals surface area contributed by atoms with Crippen molar-refractivity contribution in [3.05, 3.63) is 72.3 Å². The maximum Gasteiger partial charge on any atom is 0.227 e. The van der Waals surface area contributed by atoms with E-state index in [9.17, 15) is 4.79 Å². The van der Waals surface area contributed by atoms with Gasteiger partial charge in [-0.2, -0.15) is 0 Å². The Morgan fingerprint density at radius 1 is 1.16 bits per heavy atom. The third-order valence-electron chi connectivity index (χ3n) is 4.93. The molecule has 4 rings (SSSR count). The zero-order valence-electron chi connectivity index (χ0n) is 14.3. The fourth-order valence-corrected chi connectivity index (χ4v) is 3.48. The van der Waals surface area contributed by atoms with E-state index in [4.69, 9.17) is 0 Å². The molecule has 1 saturated carbocycles. The van der Waals surface area contributed by atoms with E-state index in [2.05, 4.69) is 32.9 Å². The Hall–Kier alpha value is -2.62. The summed E-state index contributed by atoms with van der Waals surface area (Å²) >= 11 is 0. The maximum absolute atomic E-state index is 12.7. The average molecular weight is 333 g/mol. The Kier molecular flexibility index (Phi) is 4.51. The second kappa shape index (κ2) is 7.09. The molecule has 0 saturated heterocycles. The standard InChI is InChI=1S/C21H23N3O/c25-21(20(17-11-12-17)16-7-2-1-3-8-16)22-13-6-10-19-23-15-18-9-4-5-14-24(18)19/h1-5,7-9,14-15,17,20H,6,10-13H2,(H,22,25). The highest BCUT2D eigenvalue weighted by Crippen LogP contribution is 2.42. The summed E-state index contributed by atoms with van der Waals surface area (Å²) in [6.45, 7) is 0.691. The van der Waals surface area contributed by atoms with E-state index in [0.717, 1.165) is 42.6 Å². The molecule has 25 heavy (non-hydrogen) atoms. The number of amides is 1. The third-order valence-corrected chi connectivity index (χ3v) is 4.93. The lowest BCUT2D eigenvalue weighted by molar-refractivity contribution is -0.123. The van der Waals surface area contributed by atoms with E-state index in [1.807, 2.05) is 42.7 Å². The van der Waals surface area contributed by atoms with Gasteiger partial charge in [-0.05, 0) is 42.9 Å². The first-order chi connectivity index (χ1) is 12.3. The van der Waals surface area contributed by atoms with Gasteiger partial charge in [-0.15, -0.1) is 0 Å². The number of aromatic nitrogens is 2. The van der Waals surface area contributed by atoms with Gasteiger partial charge < -0.3 is 9.72 Å². The minimum absolute atomic E-state index is 0.00783. The Labute approximate surface area is 147 Å². The highest BCUT2D eigenvalue weighted by atomic mass is 16.1. The predicted molar refractivity (Wildman–Crippen MR) is 98.4 cm³/mol. The van der Waals surface area contributed by atoms with Gasteiger partial charge in [-0.25, -0.2) is 4.98 Å². The Morgan fingerprint density at radius 3 is 2.76 bits per heavy atom. The summed E-state index contributed by atoms with van der Waals surface area (Å²) in [5.41, 5.74) is 2.25.